The van der Waals surface area contributed by atoms with E-state index in [9.17, 15) is 0 Å². The third-order valence-electron chi connectivity index (χ3n) is 3.22. The molecule has 1 N–H and O–H groups in total. The molecular weight excluding hydrogens is 184 g/mol. The Bertz CT molecular complexity index is 157. The molecule has 2 nitrogen and oxygen atoms in total. The lowest BCUT2D eigenvalue weighted by Gasteiger charge is -2.24. The molecule has 1 heterocycles. The van der Waals surface area contributed by atoms with E-state index in [0.29, 0.717) is 0 Å². The van der Waals surface area contributed by atoms with E-state index < -0.39 is 0 Å². The van der Waals surface area contributed by atoms with Crippen LogP contribution in [0.2, 0.25) is 0 Å². The molecule has 0 aliphatic carbocycles. The average molecular weight is 212 g/mol. The maximum absolute atomic E-state index is 3.66. The molecule has 0 bridgehead atoms. The van der Waals surface area contributed by atoms with Crippen LogP contribution in [0.5, 0.6) is 0 Å². The van der Waals surface area contributed by atoms with Crippen molar-refractivity contribution in [3.05, 3.63) is 0 Å². The summed E-state index contributed by atoms with van der Waals surface area (Å²) < 4.78 is 0. The predicted molar refractivity (Wildman–Crippen MR) is 67.2 cm³/mol. The molecule has 1 atom stereocenters. The summed E-state index contributed by atoms with van der Waals surface area (Å²) in [5, 5.41) is 3.66. The Hall–Kier alpha value is -0.0800. The van der Waals surface area contributed by atoms with Crippen LogP contribution in [0.15, 0.2) is 0 Å². The molecule has 0 amide bonds. The van der Waals surface area contributed by atoms with Crippen molar-refractivity contribution in [3.8, 4) is 0 Å². The summed E-state index contributed by atoms with van der Waals surface area (Å²) in [6, 6.07) is 0.740. The van der Waals surface area contributed by atoms with Gasteiger partial charge >= 0.3 is 0 Å². The summed E-state index contributed by atoms with van der Waals surface area (Å²) in [6.07, 6.45) is 5.30. The largest absolute Gasteiger partial charge is 0.313 e. The summed E-state index contributed by atoms with van der Waals surface area (Å²) in [5.41, 5.74) is 0. The van der Waals surface area contributed by atoms with Gasteiger partial charge < -0.3 is 10.2 Å². The summed E-state index contributed by atoms with van der Waals surface area (Å²) in [6.45, 7) is 12.0. The van der Waals surface area contributed by atoms with Crippen molar-refractivity contribution >= 4 is 0 Å². The highest BCUT2D eigenvalue weighted by Gasteiger charge is 2.16. The predicted octanol–water partition coefficient (Wildman–Crippen LogP) is 2.50. The molecule has 1 fully saturated rings. The molecule has 0 spiro atoms. The van der Waals surface area contributed by atoms with Crippen molar-refractivity contribution in [2.45, 2.75) is 52.5 Å². The highest BCUT2D eigenvalue weighted by molar-refractivity contribution is 4.76. The van der Waals surface area contributed by atoms with Crippen LogP contribution in [0, 0.1) is 5.92 Å². The van der Waals surface area contributed by atoms with Gasteiger partial charge in [-0.25, -0.2) is 0 Å². The molecule has 1 aliphatic rings. The molecule has 0 aromatic heterocycles. The van der Waals surface area contributed by atoms with Crippen LogP contribution in [0.4, 0.5) is 0 Å². The van der Waals surface area contributed by atoms with Gasteiger partial charge in [-0.3, -0.25) is 0 Å². The van der Waals surface area contributed by atoms with Crippen molar-refractivity contribution in [2.24, 2.45) is 5.92 Å². The van der Waals surface area contributed by atoms with E-state index in [4.69, 9.17) is 0 Å². The van der Waals surface area contributed by atoms with Crippen molar-refractivity contribution in [1.29, 1.82) is 0 Å². The number of hydrogen-bond donors (Lipinski definition) is 1. The van der Waals surface area contributed by atoms with Gasteiger partial charge in [0.05, 0.1) is 0 Å². The number of hydrogen-bond acceptors (Lipinski definition) is 2. The minimum atomic E-state index is 0.740. The first kappa shape index (κ1) is 13.0. The van der Waals surface area contributed by atoms with Gasteiger partial charge in [0.25, 0.3) is 0 Å². The zero-order chi connectivity index (χ0) is 11.1. The Labute approximate surface area is 95.4 Å². The van der Waals surface area contributed by atoms with Crippen LogP contribution < -0.4 is 5.32 Å². The first-order valence-corrected chi connectivity index (χ1v) is 6.68. The summed E-state index contributed by atoms with van der Waals surface area (Å²) in [5.74, 6) is 0.839. The molecule has 0 saturated carbocycles. The quantitative estimate of drug-likeness (QED) is 0.753. The molecule has 2 heteroatoms. The highest BCUT2D eigenvalue weighted by Crippen LogP contribution is 2.08. The van der Waals surface area contributed by atoms with Crippen molar-refractivity contribution < 1.29 is 0 Å². The van der Waals surface area contributed by atoms with Gasteiger partial charge in [-0.05, 0) is 44.8 Å². The molecule has 1 saturated heterocycles. The third kappa shape index (κ3) is 5.53. The Morgan fingerprint density at radius 1 is 1.40 bits per heavy atom. The van der Waals surface area contributed by atoms with Crippen LogP contribution in [-0.4, -0.2) is 37.1 Å². The molecular formula is C13H28N2. The first-order valence-electron chi connectivity index (χ1n) is 6.68. The van der Waals surface area contributed by atoms with Gasteiger partial charge in [0.15, 0.2) is 0 Å². The lowest BCUT2D eigenvalue weighted by atomic mass is 10.1. The maximum Gasteiger partial charge on any atom is 0.0194 e. The van der Waals surface area contributed by atoms with Gasteiger partial charge in [-0.1, -0.05) is 27.2 Å². The number of nitrogens with zero attached hydrogens (tertiary/aromatic N) is 1. The monoisotopic (exact) mass is 212 g/mol. The Morgan fingerprint density at radius 3 is 2.87 bits per heavy atom. The lowest BCUT2D eigenvalue weighted by molar-refractivity contribution is 0.248. The Kier molecular flexibility index (Phi) is 6.26. The molecule has 0 radical (unpaired) electrons. The average Bonchev–Trinajstić information content (AvgIpc) is 2.41. The smallest absolute Gasteiger partial charge is 0.0194 e. The minimum absolute atomic E-state index is 0.740. The van der Waals surface area contributed by atoms with Crippen molar-refractivity contribution in [2.75, 3.05) is 26.2 Å². The van der Waals surface area contributed by atoms with Crippen molar-refractivity contribution in [1.82, 2.24) is 10.2 Å². The Morgan fingerprint density at radius 2 is 2.20 bits per heavy atom. The highest BCUT2D eigenvalue weighted by atomic mass is 15.2. The van der Waals surface area contributed by atoms with Gasteiger partial charge in [0.1, 0.15) is 0 Å². The minimum Gasteiger partial charge on any atom is -0.313 e. The molecule has 0 aromatic carbocycles. The fourth-order valence-electron chi connectivity index (χ4n) is 2.26. The topological polar surface area (TPSA) is 15.3 Å². The van der Waals surface area contributed by atoms with E-state index in [0.717, 1.165) is 12.0 Å². The van der Waals surface area contributed by atoms with E-state index in [1.54, 1.807) is 0 Å². The molecule has 90 valence electrons. The second kappa shape index (κ2) is 7.24. The molecule has 1 rings (SSSR count). The van der Waals surface area contributed by atoms with Crippen LogP contribution in [-0.2, 0) is 0 Å². The van der Waals surface area contributed by atoms with Gasteiger partial charge in [-0.2, -0.15) is 0 Å². The van der Waals surface area contributed by atoms with E-state index >= 15 is 0 Å². The van der Waals surface area contributed by atoms with Crippen LogP contribution >= 0.6 is 0 Å². The summed E-state index contributed by atoms with van der Waals surface area (Å²) >= 11 is 0. The van der Waals surface area contributed by atoms with Crippen LogP contribution in [0.25, 0.3) is 0 Å². The zero-order valence-corrected chi connectivity index (χ0v) is 10.8. The molecule has 1 unspecified atom stereocenters. The number of nitrogens with one attached hydrogen (secondary N) is 1. The maximum atomic E-state index is 3.66. The fourth-order valence-corrected chi connectivity index (χ4v) is 2.26. The third-order valence-corrected chi connectivity index (χ3v) is 3.22. The molecule has 1 aliphatic heterocycles. The SMILES string of the molecule is CCCC1CN(CCC(C)C)CCCN1. The normalized spacial score (nSPS) is 24.4. The second-order valence-electron chi connectivity index (χ2n) is 5.28. The molecule has 15 heavy (non-hydrogen) atoms. The van der Waals surface area contributed by atoms with Gasteiger partial charge in [0.2, 0.25) is 0 Å². The van der Waals surface area contributed by atoms with Gasteiger partial charge in [-0.15, -0.1) is 0 Å². The van der Waals surface area contributed by atoms with Crippen LogP contribution in [0.3, 0.4) is 0 Å². The Balaban J connectivity index is 2.28. The zero-order valence-electron chi connectivity index (χ0n) is 10.8. The van der Waals surface area contributed by atoms with E-state index in [2.05, 4.69) is 31.0 Å². The second-order valence-corrected chi connectivity index (χ2v) is 5.28. The first-order chi connectivity index (χ1) is 7.22. The summed E-state index contributed by atoms with van der Waals surface area (Å²) in [7, 11) is 0. The van der Waals surface area contributed by atoms with Crippen molar-refractivity contribution in [3.63, 3.8) is 0 Å². The fraction of sp³-hybridized carbons (Fsp3) is 1.00. The lowest BCUT2D eigenvalue weighted by Crippen LogP contribution is -2.38. The van der Waals surface area contributed by atoms with E-state index in [-0.39, 0.29) is 0 Å². The molecule has 0 aromatic rings. The summed E-state index contributed by atoms with van der Waals surface area (Å²) in [4.78, 5) is 2.65. The van der Waals surface area contributed by atoms with Crippen LogP contribution in [0.1, 0.15) is 46.5 Å². The van der Waals surface area contributed by atoms with E-state index in [1.165, 1.54) is 51.9 Å². The number of rotatable bonds is 5. The van der Waals surface area contributed by atoms with E-state index in [1.807, 2.05) is 0 Å². The standard InChI is InChI=1S/C13H28N2/c1-4-6-13-11-15(9-5-8-14-13)10-7-12(2)3/h12-14H,4-11H2,1-3H3. The van der Waals surface area contributed by atoms with Gasteiger partial charge in [0, 0.05) is 12.6 Å².